The van der Waals surface area contributed by atoms with E-state index < -0.39 is 124 Å². The van der Waals surface area contributed by atoms with Crippen LogP contribution >= 0.6 is 0 Å². The molecule has 0 aromatic rings. The van der Waals surface area contributed by atoms with E-state index in [1.807, 2.05) is 6.08 Å². The Morgan fingerprint density at radius 3 is 1.23 bits per heavy atom. The van der Waals surface area contributed by atoms with Crippen molar-refractivity contribution in [2.45, 2.75) is 324 Å². The highest BCUT2D eigenvalue weighted by Gasteiger charge is 2.53. The van der Waals surface area contributed by atoms with Gasteiger partial charge in [0.1, 0.15) is 73.2 Å². The first-order valence-corrected chi connectivity index (χ1v) is 33.7. The van der Waals surface area contributed by atoms with Crippen LogP contribution in [0.25, 0.3) is 0 Å². The maximum absolute atomic E-state index is 13.4. The lowest BCUT2D eigenvalue weighted by atomic mass is 9.96. The monoisotopic (exact) mass is 1240 g/mol. The lowest BCUT2D eigenvalue weighted by molar-refractivity contribution is -0.379. The van der Waals surface area contributed by atoms with Crippen LogP contribution in [0.1, 0.15) is 219 Å². The Morgan fingerprint density at radius 1 is 0.414 bits per heavy atom. The fourth-order valence-electron chi connectivity index (χ4n) is 10.9. The summed E-state index contributed by atoms with van der Waals surface area (Å²) < 4.78 is 34.3. The quantitative estimate of drug-likeness (QED) is 0.0202. The zero-order valence-corrected chi connectivity index (χ0v) is 53.0. The molecule has 0 aliphatic carbocycles. The molecule has 0 aromatic heterocycles. The highest BCUT2D eigenvalue weighted by molar-refractivity contribution is 5.76. The number of allylic oxidation sites excluding steroid dienone is 11. The molecule has 3 aliphatic heterocycles. The number of unbranched alkanes of at least 4 members (excludes halogenated alkanes) is 24. The summed E-state index contributed by atoms with van der Waals surface area (Å²) in [4.78, 5) is 13.4. The van der Waals surface area contributed by atoms with Crippen LogP contribution < -0.4 is 5.32 Å². The van der Waals surface area contributed by atoms with Crippen molar-refractivity contribution in [2.75, 3.05) is 26.4 Å². The van der Waals surface area contributed by atoms with E-state index in [0.29, 0.717) is 12.8 Å². The Bertz CT molecular complexity index is 1860. The molecule has 17 atom stereocenters. The molecule has 3 heterocycles. The van der Waals surface area contributed by atoms with Gasteiger partial charge in [0, 0.05) is 6.42 Å². The molecule has 19 nitrogen and oxygen atoms in total. The van der Waals surface area contributed by atoms with Gasteiger partial charge in [0.05, 0.1) is 38.6 Å². The lowest BCUT2D eigenvalue weighted by Gasteiger charge is -2.48. The smallest absolute Gasteiger partial charge is 0.220 e. The van der Waals surface area contributed by atoms with E-state index in [1.165, 1.54) is 109 Å². The molecule has 19 heteroatoms. The molecule has 12 N–H and O–H groups in total. The van der Waals surface area contributed by atoms with Gasteiger partial charge in [0.25, 0.3) is 0 Å². The maximum atomic E-state index is 13.4. The molecule has 87 heavy (non-hydrogen) atoms. The molecule has 0 spiro atoms. The second-order valence-electron chi connectivity index (χ2n) is 23.9. The number of aliphatic hydroxyl groups excluding tert-OH is 11. The largest absolute Gasteiger partial charge is 0.394 e. The molecule has 0 saturated carbocycles. The van der Waals surface area contributed by atoms with Crippen molar-refractivity contribution < 1.29 is 89.4 Å². The van der Waals surface area contributed by atoms with E-state index >= 15 is 0 Å². The van der Waals surface area contributed by atoms with Crippen molar-refractivity contribution in [3.05, 3.63) is 72.9 Å². The van der Waals surface area contributed by atoms with Crippen molar-refractivity contribution in [2.24, 2.45) is 0 Å². The van der Waals surface area contributed by atoms with Crippen molar-refractivity contribution in [1.82, 2.24) is 5.32 Å². The number of aliphatic hydroxyl groups is 11. The van der Waals surface area contributed by atoms with Crippen LogP contribution in [0, 0.1) is 0 Å². The third kappa shape index (κ3) is 32.4. The molecule has 17 unspecified atom stereocenters. The third-order valence-corrected chi connectivity index (χ3v) is 16.5. The summed E-state index contributed by atoms with van der Waals surface area (Å²) in [5, 5.41) is 120. The Kier molecular flexibility index (Phi) is 45.0. The predicted molar refractivity (Wildman–Crippen MR) is 337 cm³/mol. The maximum Gasteiger partial charge on any atom is 0.220 e. The molecular weight excluding hydrogens is 1120 g/mol. The fraction of sp³-hybridized carbons (Fsp3) is 0.809. The number of nitrogens with one attached hydrogen (secondary N) is 1. The van der Waals surface area contributed by atoms with E-state index in [4.69, 9.17) is 28.4 Å². The minimum Gasteiger partial charge on any atom is -0.394 e. The number of ether oxygens (including phenoxy) is 6. The second-order valence-corrected chi connectivity index (χ2v) is 23.9. The van der Waals surface area contributed by atoms with Gasteiger partial charge in [-0.05, 0) is 83.5 Å². The molecule has 1 amide bonds. The van der Waals surface area contributed by atoms with Crippen molar-refractivity contribution in [3.63, 3.8) is 0 Å². The molecule has 3 rings (SSSR count). The molecular formula is C68H119NO18. The number of rotatable bonds is 50. The summed E-state index contributed by atoms with van der Waals surface area (Å²) >= 11 is 0. The first-order chi connectivity index (χ1) is 42.3. The minimum atomic E-state index is -1.99. The van der Waals surface area contributed by atoms with Crippen LogP contribution in [0.15, 0.2) is 72.9 Å². The predicted octanol–water partition coefficient (Wildman–Crippen LogP) is 8.16. The summed E-state index contributed by atoms with van der Waals surface area (Å²) in [7, 11) is 0. The minimum absolute atomic E-state index is 0.214. The van der Waals surface area contributed by atoms with Crippen molar-refractivity contribution in [3.8, 4) is 0 Å². The Labute approximate surface area is 521 Å². The highest BCUT2D eigenvalue weighted by atomic mass is 16.8. The third-order valence-electron chi connectivity index (χ3n) is 16.5. The number of amides is 1. The molecule has 3 fully saturated rings. The molecule has 0 bridgehead atoms. The number of hydrogen-bond acceptors (Lipinski definition) is 18. The zero-order chi connectivity index (χ0) is 63.3. The van der Waals surface area contributed by atoms with Gasteiger partial charge in [-0.2, -0.15) is 0 Å². The van der Waals surface area contributed by atoms with Gasteiger partial charge in [0.15, 0.2) is 18.9 Å². The molecule has 3 saturated heterocycles. The van der Waals surface area contributed by atoms with Crippen LogP contribution in [0.3, 0.4) is 0 Å². The van der Waals surface area contributed by atoms with Crippen LogP contribution in [0.4, 0.5) is 0 Å². The van der Waals surface area contributed by atoms with E-state index in [-0.39, 0.29) is 18.9 Å². The van der Waals surface area contributed by atoms with Crippen LogP contribution in [-0.4, -0.2) is 193 Å². The first-order valence-electron chi connectivity index (χ1n) is 33.7. The van der Waals surface area contributed by atoms with Crippen LogP contribution in [0.5, 0.6) is 0 Å². The summed E-state index contributed by atoms with van der Waals surface area (Å²) in [6.45, 7) is 1.68. The van der Waals surface area contributed by atoms with Gasteiger partial charge < -0.3 is 89.9 Å². The van der Waals surface area contributed by atoms with E-state index in [2.05, 4.69) is 79.9 Å². The Morgan fingerprint density at radius 2 is 0.770 bits per heavy atom. The number of hydrogen-bond donors (Lipinski definition) is 12. The molecule has 0 radical (unpaired) electrons. The van der Waals surface area contributed by atoms with Crippen LogP contribution in [-0.2, 0) is 33.2 Å². The number of carbonyl (C=O) groups excluding carboxylic acids is 1. The van der Waals surface area contributed by atoms with Gasteiger partial charge in [-0.25, -0.2) is 0 Å². The van der Waals surface area contributed by atoms with Gasteiger partial charge in [0.2, 0.25) is 5.91 Å². The van der Waals surface area contributed by atoms with Gasteiger partial charge >= 0.3 is 0 Å². The van der Waals surface area contributed by atoms with Crippen LogP contribution in [0.2, 0.25) is 0 Å². The van der Waals surface area contributed by atoms with Gasteiger partial charge in [-0.15, -0.1) is 0 Å². The average Bonchev–Trinajstić information content (AvgIpc) is 2.40. The summed E-state index contributed by atoms with van der Waals surface area (Å²) in [6.07, 6.45) is 34.4. The van der Waals surface area contributed by atoms with Crippen molar-refractivity contribution >= 4 is 5.91 Å². The summed E-state index contributed by atoms with van der Waals surface area (Å²) in [6, 6.07) is -1.01. The molecule has 0 aromatic carbocycles. The normalized spacial score (nSPS) is 29.0. The SMILES string of the molecule is CCCCCCC/C=C\C/C=C\C/C=C\CCCCCCCCC(=O)NC(COC1OC(CO)C(OC2OC(CO)C(OC3OC(CO)C(O)C(O)C3O)C(O)C2O)C(O)C1O)C(O)/C=C/CC/C=C/CC/C=C/CCCCCCCCCCCCC. The highest BCUT2D eigenvalue weighted by Crippen LogP contribution is 2.33. The Balaban J connectivity index is 1.49. The van der Waals surface area contributed by atoms with Crippen molar-refractivity contribution in [1.29, 1.82) is 0 Å². The van der Waals surface area contributed by atoms with Gasteiger partial charge in [-0.3, -0.25) is 4.79 Å². The fourth-order valence-corrected chi connectivity index (χ4v) is 10.9. The molecule has 504 valence electrons. The molecule has 3 aliphatic rings. The first kappa shape index (κ1) is 78.5. The zero-order valence-electron chi connectivity index (χ0n) is 53.0. The average molecular weight is 1240 g/mol. The Hall–Kier alpha value is -2.77. The van der Waals surface area contributed by atoms with E-state index in [1.54, 1.807) is 6.08 Å². The summed E-state index contributed by atoms with van der Waals surface area (Å²) in [5.41, 5.74) is 0. The standard InChI is InChI=1S/C68H119NO18/c1-3-5-7-9-11-13-15-17-19-21-23-25-27-29-31-33-35-37-39-41-43-45-52(73)51(69-56(74)46-44-42-40-38-36-34-32-30-28-26-24-22-20-18-16-14-12-10-8-6-4-2)50-82-66-62(80)59(77)64(54(48-71)84-66)87-68-63(81)60(78)65(55(49-72)85-68)86-67-61(79)58(76)57(75)53(47-70)83-67/h16,18,22,24,27-30,35,37,43,45,51-55,57-68,70-73,75-81H,3-15,17,19-21,23,25-26,31-34,36,38-42,44,46-50H2,1-2H3,(H,69,74)/b18-16-,24-22-,29-27+,30-28-,37-35+,45-43+. The second kappa shape index (κ2) is 49.9. The lowest BCUT2D eigenvalue weighted by Crippen LogP contribution is -2.66. The topological polar surface area (TPSA) is 307 Å². The number of carbonyl (C=O) groups is 1. The van der Waals surface area contributed by atoms with E-state index in [9.17, 15) is 61.0 Å². The van der Waals surface area contributed by atoms with E-state index in [0.717, 1.165) is 77.0 Å². The summed E-state index contributed by atoms with van der Waals surface area (Å²) in [5.74, 6) is -0.304. The van der Waals surface area contributed by atoms with Gasteiger partial charge in [-0.1, -0.05) is 202 Å².